The number of pyridine rings is 1. The molecule has 0 radical (unpaired) electrons. The van der Waals surface area contributed by atoms with Gasteiger partial charge in [0.05, 0.1) is 37.4 Å². The van der Waals surface area contributed by atoms with Crippen LogP contribution in [0.4, 0.5) is 5.69 Å². The molecule has 140 valence electrons. The number of esters is 1. The molecule has 26 heavy (non-hydrogen) atoms. The minimum Gasteiger partial charge on any atom is -0.506 e. The molecule has 10 nitrogen and oxygen atoms in total. The number of hydrogen-bond donors (Lipinski definition) is 1. The number of carbonyl (C=O) groups excluding carboxylic acids is 1. The third-order valence-corrected chi connectivity index (χ3v) is 3.48. The zero-order chi connectivity index (χ0) is 19.3. The average Bonchev–Trinajstić information content (AvgIpc) is 3.44. The van der Waals surface area contributed by atoms with Crippen LogP contribution in [-0.2, 0) is 9.53 Å². The van der Waals surface area contributed by atoms with Gasteiger partial charge in [-0.15, -0.1) is 0 Å². The van der Waals surface area contributed by atoms with E-state index >= 15 is 0 Å². The van der Waals surface area contributed by atoms with Gasteiger partial charge in [-0.05, 0) is 19.8 Å². The zero-order valence-corrected chi connectivity index (χ0v) is 14.6. The number of aliphatic imine (C=N–C) groups is 1. The molecule has 1 aromatic rings. The van der Waals surface area contributed by atoms with Gasteiger partial charge in [0.15, 0.2) is 0 Å². The van der Waals surface area contributed by atoms with Crippen LogP contribution in [0.5, 0.6) is 11.8 Å². The van der Waals surface area contributed by atoms with Crippen molar-refractivity contribution in [1.29, 1.82) is 0 Å². The van der Waals surface area contributed by atoms with Crippen LogP contribution in [0.25, 0.3) is 5.76 Å². The number of methoxy groups -OCH3 is 2. The molecular weight excluding hydrogens is 346 g/mol. The highest BCUT2D eigenvalue weighted by Gasteiger charge is 2.27. The third kappa shape index (κ3) is 4.26. The van der Waals surface area contributed by atoms with E-state index in [9.17, 15) is 20.0 Å². The lowest BCUT2D eigenvalue weighted by Crippen LogP contribution is -2.12. The molecule has 1 aromatic heterocycles. The molecule has 0 atom stereocenters. The Bertz CT molecular complexity index is 769. The zero-order valence-electron chi connectivity index (χ0n) is 14.6. The van der Waals surface area contributed by atoms with Crippen molar-refractivity contribution in [2.45, 2.75) is 25.8 Å². The summed E-state index contributed by atoms with van der Waals surface area (Å²) < 4.78 is 14.9. The van der Waals surface area contributed by atoms with Crippen molar-refractivity contribution in [2.75, 3.05) is 20.8 Å². The fourth-order valence-electron chi connectivity index (χ4n) is 2.04. The third-order valence-electron chi connectivity index (χ3n) is 3.48. The summed E-state index contributed by atoms with van der Waals surface area (Å²) in [5, 5.41) is 21.8. The Morgan fingerprint density at radius 1 is 1.42 bits per heavy atom. The molecule has 0 unspecified atom stereocenters. The van der Waals surface area contributed by atoms with Crippen LogP contribution in [0, 0.1) is 10.1 Å². The minimum absolute atomic E-state index is 0.0883. The molecule has 1 saturated carbocycles. The van der Waals surface area contributed by atoms with E-state index in [0.29, 0.717) is 0 Å². The van der Waals surface area contributed by atoms with E-state index in [4.69, 9.17) is 14.2 Å². The van der Waals surface area contributed by atoms with Gasteiger partial charge in [0.1, 0.15) is 11.3 Å². The van der Waals surface area contributed by atoms with Gasteiger partial charge in [0.25, 0.3) is 5.88 Å². The highest BCUT2D eigenvalue weighted by atomic mass is 16.6. The molecule has 0 aliphatic heterocycles. The number of aliphatic hydroxyl groups is 1. The highest BCUT2D eigenvalue weighted by Crippen LogP contribution is 2.34. The molecule has 0 saturated heterocycles. The van der Waals surface area contributed by atoms with E-state index < -0.39 is 22.3 Å². The number of aromatic nitrogens is 1. The Hall–Kier alpha value is -3.17. The first-order chi connectivity index (χ1) is 12.4. The van der Waals surface area contributed by atoms with Crippen LogP contribution in [0.2, 0.25) is 0 Å². The van der Waals surface area contributed by atoms with Crippen LogP contribution in [-0.4, -0.2) is 54.1 Å². The van der Waals surface area contributed by atoms with E-state index in [0.717, 1.165) is 18.9 Å². The SMILES string of the molecule is CCOC(=O)/C(C=NC1CC1)=C(/O)c1cc([N+](=O)[O-])c(OC)nc1OC. The van der Waals surface area contributed by atoms with E-state index in [1.165, 1.54) is 20.4 Å². The van der Waals surface area contributed by atoms with E-state index in [-0.39, 0.29) is 35.5 Å². The van der Waals surface area contributed by atoms with Gasteiger partial charge in [0.2, 0.25) is 5.88 Å². The Morgan fingerprint density at radius 3 is 2.58 bits per heavy atom. The maximum atomic E-state index is 12.2. The predicted molar refractivity (Wildman–Crippen MR) is 91.7 cm³/mol. The van der Waals surface area contributed by atoms with Crippen LogP contribution >= 0.6 is 0 Å². The molecule has 0 amide bonds. The Kier molecular flexibility index (Phi) is 6.10. The summed E-state index contributed by atoms with van der Waals surface area (Å²) in [6, 6.07) is 1.11. The Balaban J connectivity index is 2.62. The molecule has 0 aromatic carbocycles. The van der Waals surface area contributed by atoms with E-state index in [1.54, 1.807) is 6.92 Å². The van der Waals surface area contributed by atoms with Crippen molar-refractivity contribution in [3.8, 4) is 11.8 Å². The molecule has 2 rings (SSSR count). The largest absolute Gasteiger partial charge is 0.506 e. The van der Waals surface area contributed by atoms with Crippen molar-refractivity contribution in [1.82, 2.24) is 4.98 Å². The average molecular weight is 365 g/mol. The fraction of sp³-hybridized carbons (Fsp3) is 0.438. The second kappa shape index (κ2) is 8.28. The fourth-order valence-corrected chi connectivity index (χ4v) is 2.04. The normalized spacial score (nSPS) is 14.7. The summed E-state index contributed by atoms with van der Waals surface area (Å²) in [5.74, 6) is -1.82. The van der Waals surface area contributed by atoms with Crippen LogP contribution in [0.3, 0.4) is 0 Å². The van der Waals surface area contributed by atoms with E-state index in [1.807, 2.05) is 0 Å². The number of carbonyl (C=O) groups is 1. The van der Waals surface area contributed by atoms with E-state index in [2.05, 4.69) is 9.98 Å². The second-order valence-electron chi connectivity index (χ2n) is 5.32. The van der Waals surface area contributed by atoms with Crippen LogP contribution < -0.4 is 9.47 Å². The maximum absolute atomic E-state index is 12.2. The molecule has 1 N–H and O–H groups in total. The van der Waals surface area contributed by atoms with Gasteiger partial charge < -0.3 is 19.3 Å². The van der Waals surface area contributed by atoms with Gasteiger partial charge in [-0.1, -0.05) is 0 Å². The lowest BCUT2D eigenvalue weighted by molar-refractivity contribution is -0.386. The van der Waals surface area contributed by atoms with Crippen molar-refractivity contribution in [2.24, 2.45) is 4.99 Å². The van der Waals surface area contributed by atoms with Crippen LogP contribution in [0.1, 0.15) is 25.3 Å². The summed E-state index contributed by atoms with van der Waals surface area (Å²) in [5.41, 5.74) is -0.874. The second-order valence-corrected chi connectivity index (χ2v) is 5.32. The first-order valence-electron chi connectivity index (χ1n) is 7.84. The monoisotopic (exact) mass is 365 g/mol. The summed E-state index contributed by atoms with van der Waals surface area (Å²) in [6.45, 7) is 1.70. The molecule has 1 aliphatic rings. The molecule has 1 heterocycles. The summed E-state index contributed by atoms with van der Waals surface area (Å²) in [4.78, 5) is 30.7. The molecule has 1 aliphatic carbocycles. The first-order valence-corrected chi connectivity index (χ1v) is 7.84. The molecule has 0 spiro atoms. The van der Waals surface area contributed by atoms with Gasteiger partial charge in [-0.3, -0.25) is 15.1 Å². The number of nitro groups is 1. The molecule has 0 bridgehead atoms. The summed E-state index contributed by atoms with van der Waals surface area (Å²) >= 11 is 0. The highest BCUT2D eigenvalue weighted by molar-refractivity contribution is 6.15. The summed E-state index contributed by atoms with van der Waals surface area (Å²) in [6.07, 6.45) is 3.00. The van der Waals surface area contributed by atoms with Crippen LogP contribution in [0.15, 0.2) is 16.6 Å². The van der Waals surface area contributed by atoms with Gasteiger partial charge in [-0.25, -0.2) is 4.79 Å². The lowest BCUT2D eigenvalue weighted by atomic mass is 10.1. The number of ether oxygens (including phenoxy) is 3. The predicted octanol–water partition coefficient (Wildman–Crippen LogP) is 2.07. The Morgan fingerprint density at radius 2 is 2.08 bits per heavy atom. The molecular formula is C16H19N3O7. The first kappa shape index (κ1) is 19.2. The van der Waals surface area contributed by atoms with Gasteiger partial charge >= 0.3 is 11.7 Å². The molecule has 10 heteroatoms. The van der Waals surface area contributed by atoms with Crippen molar-refractivity contribution < 1.29 is 29.0 Å². The quantitative estimate of drug-likeness (QED) is 0.185. The van der Waals surface area contributed by atoms with Crippen molar-refractivity contribution in [3.05, 3.63) is 27.3 Å². The summed E-state index contributed by atoms with van der Waals surface area (Å²) in [7, 11) is 2.49. The topological polar surface area (TPSA) is 133 Å². The number of aliphatic hydroxyl groups excluding tert-OH is 1. The Labute approximate surface area is 149 Å². The molecule has 1 fully saturated rings. The number of rotatable bonds is 8. The number of nitrogens with zero attached hydrogens (tertiary/aromatic N) is 3. The van der Waals surface area contributed by atoms with Gasteiger partial charge in [0, 0.05) is 12.3 Å². The minimum atomic E-state index is -0.810. The van der Waals surface area contributed by atoms with Gasteiger partial charge in [-0.2, -0.15) is 4.98 Å². The smallest absolute Gasteiger partial charge is 0.343 e. The standard InChI is InChI=1S/C16H19N3O7/c1-4-26-16(21)11(8-17-9-5-6-9)13(20)10-7-12(19(22)23)15(25-3)18-14(10)24-2/h7-9,20H,4-6H2,1-3H3/b13-11+,17-8?. The number of hydrogen-bond acceptors (Lipinski definition) is 9. The lowest BCUT2D eigenvalue weighted by Gasteiger charge is -2.11. The van der Waals surface area contributed by atoms with Crippen molar-refractivity contribution >= 4 is 23.6 Å². The van der Waals surface area contributed by atoms with Crippen molar-refractivity contribution in [3.63, 3.8) is 0 Å². The maximum Gasteiger partial charge on any atom is 0.343 e.